The molecule has 90 valence electrons. The number of hydrogen-bond donors (Lipinski definition) is 0. The summed E-state index contributed by atoms with van der Waals surface area (Å²) in [7, 11) is 4.79. The van der Waals surface area contributed by atoms with Crippen LogP contribution in [0.2, 0.25) is 0 Å². The van der Waals surface area contributed by atoms with Gasteiger partial charge in [-0.3, -0.25) is 0 Å². The number of methoxy groups -OCH3 is 3. The Morgan fingerprint density at radius 2 is 1.69 bits per heavy atom. The zero-order valence-corrected chi connectivity index (χ0v) is 11.2. The van der Waals surface area contributed by atoms with Gasteiger partial charge < -0.3 is 18.9 Å². The Hall–Kier alpha value is -0.780. The van der Waals surface area contributed by atoms with Gasteiger partial charge in [0.25, 0.3) is 0 Å². The fraction of sp³-hybridized carbons (Fsp3) is 0.455. The smallest absolute Gasteiger partial charge is 0.161 e. The molecule has 0 aliphatic rings. The highest BCUT2D eigenvalue weighted by molar-refractivity contribution is 9.10. The summed E-state index contributed by atoms with van der Waals surface area (Å²) < 4.78 is 21.4. The van der Waals surface area contributed by atoms with Crippen LogP contribution in [-0.4, -0.2) is 28.1 Å². The molecule has 0 radical (unpaired) electrons. The minimum atomic E-state index is 0.265. The molecular weight excluding hydrogens is 276 g/mol. The van der Waals surface area contributed by atoms with Crippen molar-refractivity contribution in [3.63, 3.8) is 0 Å². The molecule has 16 heavy (non-hydrogen) atoms. The van der Waals surface area contributed by atoms with Gasteiger partial charge in [-0.05, 0) is 17.7 Å². The summed E-state index contributed by atoms with van der Waals surface area (Å²) in [5.74, 6) is 1.37. The van der Waals surface area contributed by atoms with Crippen molar-refractivity contribution in [1.82, 2.24) is 0 Å². The lowest BCUT2D eigenvalue weighted by molar-refractivity contribution is -0.0392. The second-order valence-electron chi connectivity index (χ2n) is 3.05. The molecule has 0 bridgehead atoms. The van der Waals surface area contributed by atoms with Crippen molar-refractivity contribution in [2.75, 3.05) is 28.1 Å². The van der Waals surface area contributed by atoms with Crippen LogP contribution in [0.4, 0.5) is 0 Å². The highest BCUT2D eigenvalue weighted by atomic mass is 79.9. The maximum atomic E-state index is 5.27. The van der Waals surface area contributed by atoms with Crippen molar-refractivity contribution in [2.24, 2.45) is 0 Å². The molecule has 0 fully saturated rings. The molecule has 1 aromatic rings. The molecule has 1 rings (SSSR count). The van der Waals surface area contributed by atoms with Gasteiger partial charge in [-0.1, -0.05) is 15.9 Å². The van der Waals surface area contributed by atoms with Crippen LogP contribution in [0.5, 0.6) is 11.5 Å². The fourth-order valence-corrected chi connectivity index (χ4v) is 1.68. The second-order valence-corrected chi connectivity index (χ2v) is 3.91. The number of ether oxygens (including phenoxy) is 4. The van der Waals surface area contributed by atoms with E-state index in [0.29, 0.717) is 18.1 Å². The summed E-state index contributed by atoms with van der Waals surface area (Å²) >= 11 is 3.45. The molecule has 0 aliphatic heterocycles. The molecule has 0 unspecified atom stereocenters. The standard InChI is InChI=1S/C11H15BrO4/c1-13-7-16-6-8-4-10(14-2)11(15-3)5-9(8)12/h4-5H,6-7H2,1-3H3. The second kappa shape index (κ2) is 6.73. The van der Waals surface area contributed by atoms with E-state index in [1.165, 1.54) is 0 Å². The predicted molar refractivity (Wildman–Crippen MR) is 63.9 cm³/mol. The van der Waals surface area contributed by atoms with Crippen LogP contribution in [-0.2, 0) is 16.1 Å². The van der Waals surface area contributed by atoms with Gasteiger partial charge in [0, 0.05) is 11.6 Å². The molecule has 0 heterocycles. The topological polar surface area (TPSA) is 36.9 Å². The van der Waals surface area contributed by atoms with E-state index < -0.39 is 0 Å². The number of benzene rings is 1. The fourth-order valence-electron chi connectivity index (χ4n) is 1.24. The van der Waals surface area contributed by atoms with Crippen molar-refractivity contribution in [1.29, 1.82) is 0 Å². The Bertz CT molecular complexity index is 341. The maximum Gasteiger partial charge on any atom is 0.161 e. The zero-order chi connectivity index (χ0) is 12.0. The average Bonchev–Trinajstić information content (AvgIpc) is 2.31. The zero-order valence-electron chi connectivity index (χ0n) is 9.58. The third-order valence-electron chi connectivity index (χ3n) is 2.01. The molecule has 0 saturated heterocycles. The van der Waals surface area contributed by atoms with E-state index >= 15 is 0 Å². The molecule has 5 heteroatoms. The third-order valence-corrected chi connectivity index (χ3v) is 2.75. The highest BCUT2D eigenvalue weighted by Crippen LogP contribution is 2.33. The summed E-state index contributed by atoms with van der Waals surface area (Å²) in [5.41, 5.74) is 0.981. The van der Waals surface area contributed by atoms with Crippen LogP contribution in [0.15, 0.2) is 16.6 Å². The summed E-state index contributed by atoms with van der Waals surface area (Å²) in [6, 6.07) is 3.73. The van der Waals surface area contributed by atoms with Crippen LogP contribution in [0.1, 0.15) is 5.56 Å². The van der Waals surface area contributed by atoms with E-state index in [0.717, 1.165) is 10.0 Å². The van der Waals surface area contributed by atoms with Crippen molar-refractivity contribution < 1.29 is 18.9 Å². The first-order valence-corrected chi connectivity index (χ1v) is 5.49. The SMILES string of the molecule is COCOCc1cc(OC)c(OC)cc1Br. The Morgan fingerprint density at radius 1 is 1.06 bits per heavy atom. The first-order valence-electron chi connectivity index (χ1n) is 4.70. The lowest BCUT2D eigenvalue weighted by Crippen LogP contribution is -1.99. The van der Waals surface area contributed by atoms with Crippen molar-refractivity contribution in [3.05, 3.63) is 22.2 Å². The Labute approximate surface area is 104 Å². The monoisotopic (exact) mass is 290 g/mol. The van der Waals surface area contributed by atoms with Crippen molar-refractivity contribution in [3.8, 4) is 11.5 Å². The van der Waals surface area contributed by atoms with E-state index in [2.05, 4.69) is 15.9 Å². The molecular formula is C11H15BrO4. The van der Waals surface area contributed by atoms with E-state index in [1.807, 2.05) is 12.1 Å². The van der Waals surface area contributed by atoms with Crippen LogP contribution < -0.4 is 9.47 Å². The molecule has 0 aromatic heterocycles. The normalized spacial score (nSPS) is 10.2. The molecule has 1 aromatic carbocycles. The Kier molecular flexibility index (Phi) is 5.59. The van der Waals surface area contributed by atoms with Gasteiger partial charge >= 0.3 is 0 Å². The summed E-state index contributed by atoms with van der Waals surface area (Å²) in [5, 5.41) is 0. The summed E-state index contributed by atoms with van der Waals surface area (Å²) in [6.45, 7) is 0.718. The predicted octanol–water partition coefficient (Wildman–Crippen LogP) is 2.59. The van der Waals surface area contributed by atoms with E-state index in [9.17, 15) is 0 Å². The van der Waals surface area contributed by atoms with Crippen molar-refractivity contribution in [2.45, 2.75) is 6.61 Å². The van der Waals surface area contributed by atoms with E-state index in [-0.39, 0.29) is 6.79 Å². The molecule has 0 N–H and O–H groups in total. The lowest BCUT2D eigenvalue weighted by atomic mass is 10.2. The third kappa shape index (κ3) is 3.37. The van der Waals surface area contributed by atoms with Crippen LogP contribution >= 0.6 is 15.9 Å². The van der Waals surface area contributed by atoms with Gasteiger partial charge in [-0.25, -0.2) is 0 Å². The molecule has 0 spiro atoms. The van der Waals surface area contributed by atoms with Gasteiger partial charge in [0.05, 0.1) is 20.8 Å². The lowest BCUT2D eigenvalue weighted by Gasteiger charge is -2.11. The van der Waals surface area contributed by atoms with Gasteiger partial charge in [0.2, 0.25) is 0 Å². The molecule has 4 nitrogen and oxygen atoms in total. The highest BCUT2D eigenvalue weighted by Gasteiger charge is 2.09. The molecule has 0 amide bonds. The summed E-state index contributed by atoms with van der Waals surface area (Å²) in [4.78, 5) is 0. The maximum absolute atomic E-state index is 5.27. The average molecular weight is 291 g/mol. The van der Waals surface area contributed by atoms with Crippen LogP contribution in [0.25, 0.3) is 0 Å². The number of halogens is 1. The van der Waals surface area contributed by atoms with Gasteiger partial charge in [0.1, 0.15) is 6.79 Å². The van der Waals surface area contributed by atoms with Gasteiger partial charge in [-0.2, -0.15) is 0 Å². The minimum absolute atomic E-state index is 0.265. The first kappa shape index (κ1) is 13.3. The number of hydrogen-bond acceptors (Lipinski definition) is 4. The Balaban J connectivity index is 2.84. The van der Waals surface area contributed by atoms with Gasteiger partial charge in [0.15, 0.2) is 11.5 Å². The minimum Gasteiger partial charge on any atom is -0.493 e. The summed E-state index contributed by atoms with van der Waals surface area (Å²) in [6.07, 6.45) is 0. The van der Waals surface area contributed by atoms with Gasteiger partial charge in [-0.15, -0.1) is 0 Å². The van der Waals surface area contributed by atoms with Crippen LogP contribution in [0.3, 0.4) is 0 Å². The molecule has 0 saturated carbocycles. The van der Waals surface area contributed by atoms with Crippen molar-refractivity contribution >= 4 is 15.9 Å². The largest absolute Gasteiger partial charge is 0.493 e. The van der Waals surface area contributed by atoms with E-state index in [1.54, 1.807) is 21.3 Å². The van der Waals surface area contributed by atoms with Crippen LogP contribution in [0, 0.1) is 0 Å². The van der Waals surface area contributed by atoms with E-state index in [4.69, 9.17) is 18.9 Å². The molecule has 0 atom stereocenters. The first-order chi connectivity index (χ1) is 7.72. The number of rotatable bonds is 6. The molecule has 0 aliphatic carbocycles. The quantitative estimate of drug-likeness (QED) is 0.596. The Morgan fingerprint density at radius 3 is 2.25 bits per heavy atom.